The van der Waals surface area contributed by atoms with Crippen LogP contribution in [0.1, 0.15) is 24.8 Å². The normalized spacial score (nSPS) is 23.2. The molecule has 0 amide bonds. The molecule has 1 aliphatic carbocycles. The molecule has 1 aromatic carbocycles. The van der Waals surface area contributed by atoms with Gasteiger partial charge in [0.25, 0.3) is 0 Å². The molecule has 1 N–H and O–H groups in total. The fourth-order valence-electron chi connectivity index (χ4n) is 2.90. The number of sulfone groups is 1. The second-order valence-electron chi connectivity index (χ2n) is 6.84. The minimum atomic E-state index is -2.85. The van der Waals surface area contributed by atoms with Crippen LogP contribution in [0.25, 0.3) is 0 Å². The monoisotopic (exact) mass is 369 g/mol. The number of hydrogen-bond acceptors (Lipinski definition) is 3. The van der Waals surface area contributed by atoms with Crippen LogP contribution >= 0.6 is 11.6 Å². The molecule has 3 rings (SSSR count). The van der Waals surface area contributed by atoms with Crippen molar-refractivity contribution in [3.63, 3.8) is 0 Å². The van der Waals surface area contributed by atoms with Crippen molar-refractivity contribution in [3.05, 3.63) is 34.9 Å². The minimum absolute atomic E-state index is 0.144. The molecule has 1 aromatic rings. The predicted octanol–water partition coefficient (Wildman–Crippen LogP) is 2.31. The Hall–Kier alpha value is -1.27. The Kier molecular flexibility index (Phi) is 5.35. The lowest BCUT2D eigenvalue weighted by Crippen LogP contribution is -2.40. The average Bonchev–Trinajstić information content (AvgIpc) is 3.26. The summed E-state index contributed by atoms with van der Waals surface area (Å²) >= 11 is 6.05. The van der Waals surface area contributed by atoms with E-state index in [9.17, 15) is 8.42 Å². The number of rotatable bonds is 5. The van der Waals surface area contributed by atoms with Crippen LogP contribution in [-0.2, 0) is 16.4 Å². The summed E-state index contributed by atoms with van der Waals surface area (Å²) in [7, 11) is -0.845. The van der Waals surface area contributed by atoms with E-state index in [-0.39, 0.29) is 11.7 Å². The van der Waals surface area contributed by atoms with Gasteiger partial charge in [-0.1, -0.05) is 23.7 Å². The molecule has 132 valence electrons. The summed E-state index contributed by atoms with van der Waals surface area (Å²) in [5.74, 6) is 1.56. The minimum Gasteiger partial charge on any atom is -0.354 e. The highest BCUT2D eigenvalue weighted by Crippen LogP contribution is 2.21. The van der Waals surface area contributed by atoms with Gasteiger partial charge in [0.2, 0.25) is 0 Å². The Morgan fingerprint density at radius 2 is 2.17 bits per heavy atom. The third kappa shape index (κ3) is 5.11. The quantitative estimate of drug-likeness (QED) is 0.639. The lowest BCUT2D eigenvalue weighted by atomic mass is 10.1. The maximum absolute atomic E-state index is 11.6. The number of nitrogens with one attached hydrogen (secondary N) is 1. The molecule has 1 atom stereocenters. The van der Waals surface area contributed by atoms with Gasteiger partial charge in [0, 0.05) is 31.2 Å². The smallest absolute Gasteiger partial charge is 0.194 e. The predicted molar refractivity (Wildman–Crippen MR) is 98.1 cm³/mol. The standard InChI is InChI=1S/C17H24ClN3O2S/c1-21(11-13-3-2-4-15(18)9-13)17(20-16-5-6-16)19-10-14-7-8-24(22,23)12-14/h2-4,9,14,16H,5-8,10-12H2,1H3,(H,19,20). The van der Waals surface area contributed by atoms with Crippen LogP contribution in [-0.4, -0.2) is 50.4 Å². The maximum atomic E-state index is 11.6. The van der Waals surface area contributed by atoms with Gasteiger partial charge in [-0.15, -0.1) is 0 Å². The SMILES string of the molecule is CN(Cc1cccc(Cl)c1)C(=NCC1CCS(=O)(=O)C1)NC1CC1. The summed E-state index contributed by atoms with van der Waals surface area (Å²) in [6.45, 7) is 1.27. The number of benzene rings is 1. The van der Waals surface area contributed by atoms with Crippen LogP contribution in [0.15, 0.2) is 29.3 Å². The highest BCUT2D eigenvalue weighted by Gasteiger charge is 2.28. The molecule has 24 heavy (non-hydrogen) atoms. The molecule has 7 heteroatoms. The molecule has 0 bridgehead atoms. The van der Waals surface area contributed by atoms with Gasteiger partial charge in [0.15, 0.2) is 15.8 Å². The Morgan fingerprint density at radius 3 is 2.79 bits per heavy atom. The highest BCUT2D eigenvalue weighted by atomic mass is 35.5. The van der Waals surface area contributed by atoms with Gasteiger partial charge in [-0.2, -0.15) is 0 Å². The lowest BCUT2D eigenvalue weighted by molar-refractivity contribution is 0.470. The van der Waals surface area contributed by atoms with Crippen LogP contribution in [0.3, 0.4) is 0 Å². The first-order valence-corrected chi connectivity index (χ1v) is 10.6. The fraction of sp³-hybridized carbons (Fsp3) is 0.588. The number of halogens is 1. The Labute approximate surface area is 149 Å². The second kappa shape index (κ2) is 7.31. The summed E-state index contributed by atoms with van der Waals surface area (Å²) in [4.78, 5) is 6.78. The van der Waals surface area contributed by atoms with Gasteiger partial charge in [-0.3, -0.25) is 4.99 Å². The summed E-state index contributed by atoms with van der Waals surface area (Å²) in [6.07, 6.45) is 3.06. The Bertz CT molecular complexity index is 716. The van der Waals surface area contributed by atoms with E-state index in [0.717, 1.165) is 23.0 Å². The van der Waals surface area contributed by atoms with Crippen molar-refractivity contribution in [2.45, 2.75) is 31.8 Å². The molecule has 0 spiro atoms. The number of guanidine groups is 1. The van der Waals surface area contributed by atoms with Crippen molar-refractivity contribution < 1.29 is 8.42 Å². The number of aliphatic imine (C=N–C) groups is 1. The molecular formula is C17H24ClN3O2S. The Balaban J connectivity index is 1.65. The first-order chi connectivity index (χ1) is 11.4. The van der Waals surface area contributed by atoms with Gasteiger partial charge in [-0.25, -0.2) is 8.42 Å². The second-order valence-corrected chi connectivity index (χ2v) is 9.50. The van der Waals surface area contributed by atoms with Gasteiger partial charge in [0.1, 0.15) is 0 Å². The van der Waals surface area contributed by atoms with E-state index in [2.05, 4.69) is 10.2 Å². The molecule has 2 aliphatic rings. The number of nitrogens with zero attached hydrogens (tertiary/aromatic N) is 2. The van der Waals surface area contributed by atoms with E-state index >= 15 is 0 Å². The Morgan fingerprint density at radius 1 is 1.38 bits per heavy atom. The van der Waals surface area contributed by atoms with Crippen molar-refractivity contribution in [2.24, 2.45) is 10.9 Å². The lowest BCUT2D eigenvalue weighted by Gasteiger charge is -2.23. The van der Waals surface area contributed by atoms with E-state index < -0.39 is 9.84 Å². The van der Waals surface area contributed by atoms with E-state index in [4.69, 9.17) is 16.6 Å². The van der Waals surface area contributed by atoms with Crippen molar-refractivity contribution in [1.29, 1.82) is 0 Å². The largest absolute Gasteiger partial charge is 0.354 e. The van der Waals surface area contributed by atoms with Crippen LogP contribution < -0.4 is 5.32 Å². The van der Waals surface area contributed by atoms with Crippen LogP contribution in [0, 0.1) is 5.92 Å². The van der Waals surface area contributed by atoms with E-state index in [0.29, 0.717) is 24.9 Å². The molecular weight excluding hydrogens is 346 g/mol. The molecule has 1 saturated heterocycles. The summed E-state index contributed by atoms with van der Waals surface area (Å²) in [5, 5.41) is 4.19. The third-order valence-electron chi connectivity index (χ3n) is 4.41. The van der Waals surface area contributed by atoms with Gasteiger partial charge >= 0.3 is 0 Å². The van der Waals surface area contributed by atoms with E-state index in [1.165, 1.54) is 12.8 Å². The summed E-state index contributed by atoms with van der Waals surface area (Å²) in [6, 6.07) is 8.30. The van der Waals surface area contributed by atoms with Gasteiger partial charge in [0.05, 0.1) is 11.5 Å². The highest BCUT2D eigenvalue weighted by molar-refractivity contribution is 7.91. The van der Waals surface area contributed by atoms with Crippen LogP contribution in [0.2, 0.25) is 5.02 Å². The van der Waals surface area contributed by atoms with Crippen LogP contribution in [0.5, 0.6) is 0 Å². The molecule has 2 fully saturated rings. The third-order valence-corrected chi connectivity index (χ3v) is 6.48. The molecule has 0 radical (unpaired) electrons. The molecule has 1 heterocycles. The summed E-state index contributed by atoms with van der Waals surface area (Å²) in [5.41, 5.74) is 1.12. The van der Waals surface area contributed by atoms with Crippen molar-refractivity contribution in [3.8, 4) is 0 Å². The number of hydrogen-bond donors (Lipinski definition) is 1. The molecule has 5 nitrogen and oxygen atoms in total. The fourth-order valence-corrected chi connectivity index (χ4v) is 4.96. The van der Waals surface area contributed by atoms with E-state index in [1.54, 1.807) is 0 Å². The molecule has 1 unspecified atom stereocenters. The maximum Gasteiger partial charge on any atom is 0.194 e. The zero-order valence-corrected chi connectivity index (χ0v) is 15.5. The zero-order chi connectivity index (χ0) is 17.2. The van der Waals surface area contributed by atoms with Crippen molar-refractivity contribution in [1.82, 2.24) is 10.2 Å². The first kappa shape index (κ1) is 17.5. The molecule has 1 aliphatic heterocycles. The first-order valence-electron chi connectivity index (χ1n) is 8.38. The molecule has 1 saturated carbocycles. The van der Waals surface area contributed by atoms with E-state index in [1.807, 2.05) is 31.3 Å². The summed E-state index contributed by atoms with van der Waals surface area (Å²) < 4.78 is 23.2. The van der Waals surface area contributed by atoms with Crippen molar-refractivity contribution >= 4 is 27.4 Å². The topological polar surface area (TPSA) is 61.8 Å². The zero-order valence-electron chi connectivity index (χ0n) is 13.9. The molecule has 0 aromatic heterocycles. The van der Waals surface area contributed by atoms with Gasteiger partial charge in [-0.05, 0) is 42.9 Å². The van der Waals surface area contributed by atoms with Crippen molar-refractivity contribution in [2.75, 3.05) is 25.1 Å². The van der Waals surface area contributed by atoms with Gasteiger partial charge < -0.3 is 10.2 Å². The van der Waals surface area contributed by atoms with Crippen LogP contribution in [0.4, 0.5) is 0 Å². The average molecular weight is 370 g/mol.